The number of halogens is 2. The van der Waals surface area contributed by atoms with Gasteiger partial charge in [0.25, 0.3) is 11.8 Å². The second-order valence-corrected chi connectivity index (χ2v) is 6.96. The van der Waals surface area contributed by atoms with Crippen LogP contribution >= 0.6 is 35.4 Å². The van der Waals surface area contributed by atoms with Crippen molar-refractivity contribution >= 4 is 58.4 Å². The molecule has 1 heterocycles. The number of benzene rings is 2. The Kier molecular flexibility index (Phi) is 5.79. The smallest absolute Gasteiger partial charge is 0.265 e. The first-order chi connectivity index (χ1) is 12.9. The fourth-order valence-electron chi connectivity index (χ4n) is 2.42. The minimum atomic E-state index is -0.539. The topological polar surface area (TPSA) is 58.6 Å². The number of nitrogens with one attached hydrogen (secondary N) is 1. The zero-order valence-electron chi connectivity index (χ0n) is 14.2. The highest BCUT2D eigenvalue weighted by atomic mass is 35.5. The van der Waals surface area contributed by atoms with Crippen LogP contribution in [0.25, 0.3) is 6.08 Å². The van der Waals surface area contributed by atoms with Crippen molar-refractivity contribution in [1.82, 2.24) is 10.2 Å². The van der Waals surface area contributed by atoms with E-state index in [4.69, 9.17) is 40.2 Å². The molecule has 1 aliphatic rings. The molecule has 27 heavy (non-hydrogen) atoms. The normalized spacial score (nSPS) is 15.9. The third kappa shape index (κ3) is 4.30. The molecular weight excluding hydrogens is 407 g/mol. The van der Waals surface area contributed by atoms with Gasteiger partial charge in [0.05, 0.1) is 10.0 Å². The predicted molar refractivity (Wildman–Crippen MR) is 109 cm³/mol. The van der Waals surface area contributed by atoms with Crippen LogP contribution < -0.4 is 10.1 Å². The monoisotopic (exact) mass is 420 g/mol. The van der Waals surface area contributed by atoms with Crippen LogP contribution in [0, 0.1) is 0 Å². The van der Waals surface area contributed by atoms with Gasteiger partial charge in [-0.15, -0.1) is 0 Å². The summed E-state index contributed by atoms with van der Waals surface area (Å²) in [4.78, 5) is 25.7. The molecule has 2 amide bonds. The van der Waals surface area contributed by atoms with E-state index in [1.807, 2.05) is 6.07 Å². The van der Waals surface area contributed by atoms with E-state index >= 15 is 0 Å². The number of ether oxygens (including phenoxy) is 1. The number of carbonyl (C=O) groups is 2. The van der Waals surface area contributed by atoms with Gasteiger partial charge in [-0.1, -0.05) is 47.5 Å². The lowest BCUT2D eigenvalue weighted by molar-refractivity contribution is -0.128. The maximum absolute atomic E-state index is 12.4. The number of amides is 2. The fraction of sp³-hybridized carbons (Fsp3) is 0.105. The maximum atomic E-state index is 12.4. The Hall–Kier alpha value is -2.41. The number of para-hydroxylation sites is 1. The van der Waals surface area contributed by atoms with Gasteiger partial charge in [0, 0.05) is 12.6 Å². The number of nitrogens with zero attached hydrogens (tertiary/aromatic N) is 1. The Balaban J connectivity index is 1.85. The van der Waals surface area contributed by atoms with Crippen molar-refractivity contribution in [2.75, 3.05) is 7.05 Å². The molecule has 0 atom stereocenters. The van der Waals surface area contributed by atoms with Crippen molar-refractivity contribution in [2.45, 2.75) is 6.61 Å². The Morgan fingerprint density at radius 1 is 1.15 bits per heavy atom. The summed E-state index contributed by atoms with van der Waals surface area (Å²) in [5.74, 6) is -0.488. The highest BCUT2D eigenvalue weighted by Crippen LogP contribution is 2.26. The molecular formula is C19H14Cl2N2O3S. The van der Waals surface area contributed by atoms with Crippen molar-refractivity contribution in [3.63, 3.8) is 0 Å². The van der Waals surface area contributed by atoms with Crippen LogP contribution in [0.2, 0.25) is 10.0 Å². The number of rotatable bonds is 4. The van der Waals surface area contributed by atoms with Gasteiger partial charge in [-0.3, -0.25) is 19.8 Å². The first-order valence-corrected chi connectivity index (χ1v) is 9.04. The molecule has 1 N–H and O–H groups in total. The molecule has 2 aromatic rings. The third-order valence-corrected chi connectivity index (χ3v) is 5.02. The average Bonchev–Trinajstić information content (AvgIpc) is 2.65. The molecule has 138 valence electrons. The molecule has 0 aromatic heterocycles. The Bertz CT molecular complexity index is 975. The lowest BCUT2D eigenvalue weighted by Crippen LogP contribution is -2.52. The summed E-state index contributed by atoms with van der Waals surface area (Å²) < 4.78 is 5.85. The molecule has 8 heteroatoms. The number of hydrogen-bond acceptors (Lipinski definition) is 4. The zero-order chi connectivity index (χ0) is 19.6. The van der Waals surface area contributed by atoms with Crippen LogP contribution in [0.5, 0.6) is 5.75 Å². The SMILES string of the molecule is CN1C(=O)C(=Cc2ccccc2OCc2ccc(Cl)c(Cl)c2)C(=O)NC1=S. The molecule has 1 aliphatic heterocycles. The third-order valence-electron chi connectivity index (χ3n) is 3.90. The molecule has 0 radical (unpaired) electrons. The fourth-order valence-corrected chi connectivity index (χ4v) is 2.92. The second kappa shape index (κ2) is 8.08. The molecule has 1 saturated heterocycles. The van der Waals surface area contributed by atoms with Crippen molar-refractivity contribution in [3.05, 3.63) is 69.2 Å². The Morgan fingerprint density at radius 2 is 1.89 bits per heavy atom. The first kappa shape index (κ1) is 19.4. The van der Waals surface area contributed by atoms with E-state index in [0.717, 1.165) is 5.56 Å². The minimum absolute atomic E-state index is 0.0170. The van der Waals surface area contributed by atoms with E-state index < -0.39 is 11.8 Å². The molecule has 1 fully saturated rings. The van der Waals surface area contributed by atoms with Gasteiger partial charge < -0.3 is 4.74 Å². The van der Waals surface area contributed by atoms with Gasteiger partial charge in [0.1, 0.15) is 17.9 Å². The van der Waals surface area contributed by atoms with Crippen molar-refractivity contribution in [1.29, 1.82) is 0 Å². The van der Waals surface area contributed by atoms with Crippen molar-refractivity contribution < 1.29 is 14.3 Å². The molecule has 0 saturated carbocycles. The number of hydrogen-bond donors (Lipinski definition) is 1. The van der Waals surface area contributed by atoms with Crippen LogP contribution in [0.4, 0.5) is 0 Å². The summed E-state index contributed by atoms with van der Waals surface area (Å²) in [6.45, 7) is 0.251. The molecule has 0 bridgehead atoms. The van der Waals surface area contributed by atoms with E-state index in [0.29, 0.717) is 21.4 Å². The van der Waals surface area contributed by atoms with Gasteiger partial charge in [0.15, 0.2) is 5.11 Å². The molecule has 2 aromatic carbocycles. The van der Waals surface area contributed by atoms with E-state index in [2.05, 4.69) is 5.32 Å². The van der Waals surface area contributed by atoms with Crippen molar-refractivity contribution in [2.24, 2.45) is 0 Å². The highest BCUT2D eigenvalue weighted by Gasteiger charge is 2.30. The predicted octanol–water partition coefficient (Wildman–Crippen LogP) is 3.83. The second-order valence-electron chi connectivity index (χ2n) is 5.76. The first-order valence-electron chi connectivity index (χ1n) is 7.87. The van der Waals surface area contributed by atoms with Crippen LogP contribution in [-0.4, -0.2) is 28.9 Å². The lowest BCUT2D eigenvalue weighted by Gasteiger charge is -2.25. The van der Waals surface area contributed by atoms with Crippen LogP contribution in [0.1, 0.15) is 11.1 Å². The summed E-state index contributed by atoms with van der Waals surface area (Å²) in [6, 6.07) is 12.3. The standard InChI is InChI=1S/C19H14Cl2N2O3S/c1-23-18(25)13(17(24)22-19(23)27)9-12-4-2-3-5-16(12)26-10-11-6-7-14(20)15(21)8-11/h2-9H,10H2,1H3,(H,22,24,27). The van der Waals surface area contributed by atoms with Gasteiger partial charge in [-0.25, -0.2) is 0 Å². The maximum Gasteiger partial charge on any atom is 0.265 e. The molecule has 0 unspecified atom stereocenters. The van der Waals surface area contributed by atoms with Crippen LogP contribution in [0.3, 0.4) is 0 Å². The quantitative estimate of drug-likeness (QED) is 0.463. The van der Waals surface area contributed by atoms with Gasteiger partial charge in [-0.05, 0) is 42.1 Å². The summed E-state index contributed by atoms with van der Waals surface area (Å²) in [5, 5.41) is 3.46. The number of thiocarbonyl (C=S) groups is 1. The summed E-state index contributed by atoms with van der Waals surface area (Å²) in [7, 11) is 1.50. The highest BCUT2D eigenvalue weighted by molar-refractivity contribution is 7.80. The van der Waals surface area contributed by atoms with E-state index in [-0.39, 0.29) is 17.3 Å². The summed E-state index contributed by atoms with van der Waals surface area (Å²) in [6.07, 6.45) is 1.49. The lowest BCUT2D eigenvalue weighted by atomic mass is 10.1. The minimum Gasteiger partial charge on any atom is -0.488 e. The number of likely N-dealkylation sites (N-methyl/N-ethyl adjacent to an activating group) is 1. The van der Waals surface area contributed by atoms with E-state index in [1.165, 1.54) is 18.0 Å². The van der Waals surface area contributed by atoms with E-state index in [1.54, 1.807) is 36.4 Å². The summed E-state index contributed by atoms with van der Waals surface area (Å²) >= 11 is 16.9. The van der Waals surface area contributed by atoms with Gasteiger partial charge >= 0.3 is 0 Å². The largest absolute Gasteiger partial charge is 0.488 e. The van der Waals surface area contributed by atoms with Crippen molar-refractivity contribution in [3.8, 4) is 5.75 Å². The van der Waals surface area contributed by atoms with Crippen LogP contribution in [0.15, 0.2) is 48.0 Å². The average molecular weight is 421 g/mol. The van der Waals surface area contributed by atoms with Crippen LogP contribution in [-0.2, 0) is 16.2 Å². The van der Waals surface area contributed by atoms with Gasteiger partial charge in [-0.2, -0.15) is 0 Å². The van der Waals surface area contributed by atoms with E-state index in [9.17, 15) is 9.59 Å². The zero-order valence-corrected chi connectivity index (χ0v) is 16.5. The number of carbonyl (C=O) groups excluding carboxylic acids is 2. The Morgan fingerprint density at radius 3 is 2.63 bits per heavy atom. The molecule has 0 aliphatic carbocycles. The van der Waals surface area contributed by atoms with Gasteiger partial charge in [0.2, 0.25) is 0 Å². The molecule has 0 spiro atoms. The summed E-state index contributed by atoms with van der Waals surface area (Å²) in [5.41, 5.74) is 1.41. The Labute approximate surface area is 171 Å². The molecule has 3 rings (SSSR count). The molecule has 5 nitrogen and oxygen atoms in total.